The fraction of sp³-hybridized carbons (Fsp3) is 0.0667. The Morgan fingerprint density at radius 2 is 2.11 bits per heavy atom. The molecule has 0 spiro atoms. The van der Waals surface area contributed by atoms with Gasteiger partial charge in [-0.2, -0.15) is 0 Å². The summed E-state index contributed by atoms with van der Waals surface area (Å²) in [4.78, 5) is 16.3. The van der Waals surface area contributed by atoms with Crippen molar-refractivity contribution in [3.63, 3.8) is 0 Å². The summed E-state index contributed by atoms with van der Waals surface area (Å²) in [6, 6.07) is 10.5. The van der Waals surface area contributed by atoms with Crippen molar-refractivity contribution >= 4 is 11.9 Å². The molecule has 0 atom stereocenters. The molecule has 3 heteroatoms. The standard InChI is InChI=1S/C15H11NO2/c17-13-5-4-10-7-11(15(18)14(10)9-13)8-12-3-1-2-6-16-12/h1-6,8-9,17H,7H2/b11-8+. The SMILES string of the molecule is O=C1/C(=C/c2ccccn2)Cc2ccc(O)cc21. The zero-order valence-electron chi connectivity index (χ0n) is 9.63. The van der Waals surface area contributed by atoms with Gasteiger partial charge in [0, 0.05) is 23.8 Å². The van der Waals surface area contributed by atoms with E-state index >= 15 is 0 Å². The van der Waals surface area contributed by atoms with Crippen molar-refractivity contribution in [3.8, 4) is 5.75 Å². The molecule has 1 aliphatic rings. The highest BCUT2D eigenvalue weighted by Crippen LogP contribution is 2.29. The quantitative estimate of drug-likeness (QED) is 0.775. The summed E-state index contributed by atoms with van der Waals surface area (Å²) in [5.74, 6) is 0.104. The van der Waals surface area contributed by atoms with Crippen LogP contribution in [0.15, 0.2) is 48.2 Å². The van der Waals surface area contributed by atoms with Gasteiger partial charge in [0.1, 0.15) is 5.75 Å². The Balaban J connectivity index is 2.00. The highest BCUT2D eigenvalue weighted by Gasteiger charge is 2.24. The maximum atomic E-state index is 12.1. The summed E-state index contributed by atoms with van der Waals surface area (Å²) in [5.41, 5.74) is 3.05. The van der Waals surface area contributed by atoms with E-state index in [0.29, 0.717) is 17.6 Å². The van der Waals surface area contributed by atoms with E-state index in [0.717, 1.165) is 11.3 Å². The van der Waals surface area contributed by atoms with Crippen LogP contribution in [0.2, 0.25) is 0 Å². The molecular weight excluding hydrogens is 226 g/mol. The molecule has 0 saturated carbocycles. The van der Waals surface area contributed by atoms with Gasteiger partial charge in [-0.25, -0.2) is 0 Å². The first kappa shape index (κ1) is 10.7. The van der Waals surface area contributed by atoms with Crippen LogP contribution in [-0.2, 0) is 6.42 Å². The van der Waals surface area contributed by atoms with Crippen LogP contribution in [0.3, 0.4) is 0 Å². The Morgan fingerprint density at radius 3 is 2.89 bits per heavy atom. The van der Waals surface area contributed by atoms with Gasteiger partial charge in [-0.3, -0.25) is 9.78 Å². The maximum Gasteiger partial charge on any atom is 0.189 e. The minimum absolute atomic E-state index is 0.0217. The smallest absolute Gasteiger partial charge is 0.189 e. The lowest BCUT2D eigenvalue weighted by molar-refractivity contribution is 0.104. The topological polar surface area (TPSA) is 50.2 Å². The van der Waals surface area contributed by atoms with Gasteiger partial charge in [0.25, 0.3) is 0 Å². The van der Waals surface area contributed by atoms with Crippen molar-refractivity contribution in [1.29, 1.82) is 0 Å². The van der Waals surface area contributed by atoms with Gasteiger partial charge in [0.2, 0.25) is 0 Å². The molecule has 0 fully saturated rings. The highest BCUT2D eigenvalue weighted by atomic mass is 16.3. The summed E-state index contributed by atoms with van der Waals surface area (Å²) in [7, 11) is 0. The van der Waals surface area contributed by atoms with Gasteiger partial charge < -0.3 is 5.11 Å². The summed E-state index contributed by atoms with van der Waals surface area (Å²) in [6.07, 6.45) is 4.11. The Hall–Kier alpha value is -2.42. The number of allylic oxidation sites excluding steroid dienone is 1. The van der Waals surface area contributed by atoms with Gasteiger partial charge in [-0.15, -0.1) is 0 Å². The molecule has 0 bridgehead atoms. The Morgan fingerprint density at radius 1 is 1.22 bits per heavy atom. The first-order valence-corrected chi connectivity index (χ1v) is 5.72. The minimum Gasteiger partial charge on any atom is -0.508 e. The number of aromatic nitrogens is 1. The van der Waals surface area contributed by atoms with Crippen molar-refractivity contribution in [1.82, 2.24) is 4.98 Å². The first-order chi connectivity index (χ1) is 8.74. The van der Waals surface area contributed by atoms with Crippen LogP contribution in [0.4, 0.5) is 0 Å². The number of carbonyl (C=O) groups excluding carboxylic acids is 1. The summed E-state index contributed by atoms with van der Waals surface area (Å²) in [6.45, 7) is 0. The average Bonchev–Trinajstić information content (AvgIpc) is 2.68. The summed E-state index contributed by atoms with van der Waals surface area (Å²) >= 11 is 0. The number of aromatic hydroxyl groups is 1. The molecule has 18 heavy (non-hydrogen) atoms. The lowest BCUT2D eigenvalue weighted by atomic mass is 10.1. The number of nitrogens with zero attached hydrogens (tertiary/aromatic N) is 1. The minimum atomic E-state index is -0.0217. The van der Waals surface area contributed by atoms with Gasteiger partial charge in [0.05, 0.1) is 5.69 Å². The van der Waals surface area contributed by atoms with Gasteiger partial charge in [0.15, 0.2) is 5.78 Å². The third-order valence-electron chi connectivity index (χ3n) is 3.02. The lowest BCUT2D eigenvalue weighted by Gasteiger charge is -1.96. The number of carbonyl (C=O) groups is 1. The molecule has 88 valence electrons. The molecule has 2 aromatic rings. The lowest BCUT2D eigenvalue weighted by Crippen LogP contribution is -1.95. The zero-order chi connectivity index (χ0) is 12.5. The normalized spacial score (nSPS) is 16.0. The van der Waals surface area contributed by atoms with Crippen LogP contribution < -0.4 is 0 Å². The van der Waals surface area contributed by atoms with E-state index in [1.54, 1.807) is 24.4 Å². The van der Waals surface area contributed by atoms with E-state index in [9.17, 15) is 9.90 Å². The van der Waals surface area contributed by atoms with Gasteiger partial charge >= 0.3 is 0 Å². The summed E-state index contributed by atoms with van der Waals surface area (Å²) < 4.78 is 0. The number of Topliss-reactive ketones (excluding diaryl/α,β-unsaturated/α-hetero) is 1. The number of phenolic OH excluding ortho intramolecular Hbond substituents is 1. The highest BCUT2D eigenvalue weighted by molar-refractivity contribution is 6.15. The Labute approximate surface area is 104 Å². The Bertz CT molecular complexity index is 645. The van der Waals surface area contributed by atoms with E-state index in [1.165, 1.54) is 6.07 Å². The first-order valence-electron chi connectivity index (χ1n) is 5.72. The number of pyridine rings is 1. The number of rotatable bonds is 1. The molecular formula is C15H11NO2. The predicted octanol–water partition coefficient (Wildman–Crippen LogP) is 2.61. The maximum absolute atomic E-state index is 12.1. The van der Waals surface area contributed by atoms with Crippen molar-refractivity contribution in [2.24, 2.45) is 0 Å². The fourth-order valence-corrected chi connectivity index (χ4v) is 2.14. The molecule has 1 aliphatic carbocycles. The monoisotopic (exact) mass is 237 g/mol. The van der Waals surface area contributed by atoms with E-state index in [4.69, 9.17) is 0 Å². The second-order valence-electron chi connectivity index (χ2n) is 4.27. The Kier molecular flexibility index (Phi) is 2.45. The molecule has 1 aromatic heterocycles. The number of fused-ring (bicyclic) bond motifs is 1. The zero-order valence-corrected chi connectivity index (χ0v) is 9.63. The molecule has 0 aliphatic heterocycles. The summed E-state index contributed by atoms with van der Waals surface area (Å²) in [5, 5.41) is 9.41. The third kappa shape index (κ3) is 1.80. The van der Waals surface area contributed by atoms with Crippen LogP contribution >= 0.6 is 0 Å². The fourth-order valence-electron chi connectivity index (χ4n) is 2.14. The van der Waals surface area contributed by atoms with Gasteiger partial charge in [-0.05, 0) is 35.9 Å². The molecule has 1 aromatic carbocycles. The molecule has 1 N–H and O–H groups in total. The van der Waals surface area contributed by atoms with Crippen LogP contribution in [0, 0.1) is 0 Å². The molecule has 3 nitrogen and oxygen atoms in total. The van der Waals surface area contributed by atoms with E-state index < -0.39 is 0 Å². The molecule has 0 radical (unpaired) electrons. The average molecular weight is 237 g/mol. The molecule has 3 rings (SSSR count). The van der Waals surface area contributed by atoms with Crippen molar-refractivity contribution in [2.45, 2.75) is 6.42 Å². The van der Waals surface area contributed by atoms with Crippen LogP contribution in [0.1, 0.15) is 21.6 Å². The predicted molar refractivity (Wildman–Crippen MR) is 68.4 cm³/mol. The van der Waals surface area contributed by atoms with Crippen molar-refractivity contribution < 1.29 is 9.90 Å². The number of hydrogen-bond acceptors (Lipinski definition) is 3. The molecule has 0 saturated heterocycles. The van der Waals surface area contributed by atoms with Crippen LogP contribution in [0.5, 0.6) is 5.75 Å². The van der Waals surface area contributed by atoms with Crippen molar-refractivity contribution in [3.05, 3.63) is 65.0 Å². The number of benzene rings is 1. The molecule has 0 unspecified atom stereocenters. The number of hydrogen-bond donors (Lipinski definition) is 1. The number of ketones is 1. The van der Waals surface area contributed by atoms with E-state index in [2.05, 4.69) is 4.98 Å². The third-order valence-corrected chi connectivity index (χ3v) is 3.02. The molecule has 1 heterocycles. The van der Waals surface area contributed by atoms with E-state index in [-0.39, 0.29) is 11.5 Å². The second kappa shape index (κ2) is 4.11. The van der Waals surface area contributed by atoms with Gasteiger partial charge in [-0.1, -0.05) is 12.1 Å². The van der Waals surface area contributed by atoms with Crippen LogP contribution in [0.25, 0.3) is 6.08 Å². The van der Waals surface area contributed by atoms with E-state index in [1.807, 2.05) is 18.2 Å². The van der Waals surface area contributed by atoms with Crippen molar-refractivity contribution in [2.75, 3.05) is 0 Å². The second-order valence-corrected chi connectivity index (χ2v) is 4.27. The number of phenols is 1. The van der Waals surface area contributed by atoms with Crippen LogP contribution in [-0.4, -0.2) is 15.9 Å². The largest absolute Gasteiger partial charge is 0.508 e. The molecule has 0 amide bonds.